The van der Waals surface area contributed by atoms with Gasteiger partial charge < -0.3 is 20.7 Å². The number of carbonyl (C=O) groups excluding carboxylic acids is 2. The Labute approximate surface area is 189 Å². The molecule has 178 valence electrons. The highest BCUT2D eigenvalue weighted by molar-refractivity contribution is 6.30. The van der Waals surface area contributed by atoms with Gasteiger partial charge in [-0.25, -0.2) is 18.6 Å². The summed E-state index contributed by atoms with van der Waals surface area (Å²) in [6, 6.07) is 4.42. The number of urea groups is 1. The van der Waals surface area contributed by atoms with E-state index in [1.54, 1.807) is 0 Å². The van der Waals surface area contributed by atoms with Gasteiger partial charge in [0.15, 0.2) is 12.4 Å². The van der Waals surface area contributed by atoms with Crippen LogP contribution >= 0.6 is 11.6 Å². The fourth-order valence-electron chi connectivity index (χ4n) is 3.77. The van der Waals surface area contributed by atoms with Crippen molar-refractivity contribution in [2.24, 2.45) is 5.73 Å². The lowest BCUT2D eigenvalue weighted by molar-refractivity contribution is -0.154. The summed E-state index contributed by atoms with van der Waals surface area (Å²) in [6.07, 6.45) is -4.76. The Kier molecular flexibility index (Phi) is 6.68. The summed E-state index contributed by atoms with van der Waals surface area (Å²) >= 11 is 5.91. The molecule has 1 unspecified atom stereocenters. The van der Waals surface area contributed by atoms with Gasteiger partial charge in [0.05, 0.1) is 16.6 Å². The SMILES string of the molecule is CC1([C@H](c2ccc(F)c(Cl)c2)c2ccc(F)c(OCC(F)(F)F)n2)C(=O)NCCN1C(N)=O. The van der Waals surface area contributed by atoms with Gasteiger partial charge in [0.2, 0.25) is 5.91 Å². The van der Waals surface area contributed by atoms with Gasteiger partial charge in [0.25, 0.3) is 5.88 Å². The largest absolute Gasteiger partial charge is 0.466 e. The van der Waals surface area contributed by atoms with Crippen molar-refractivity contribution in [3.05, 3.63) is 58.2 Å². The summed E-state index contributed by atoms with van der Waals surface area (Å²) in [5.74, 6) is -4.82. The highest BCUT2D eigenvalue weighted by atomic mass is 35.5. The number of aromatic nitrogens is 1. The van der Waals surface area contributed by atoms with Crippen LogP contribution in [-0.4, -0.2) is 53.2 Å². The third kappa shape index (κ3) is 4.95. The highest BCUT2D eigenvalue weighted by Crippen LogP contribution is 2.41. The van der Waals surface area contributed by atoms with Gasteiger partial charge in [0.1, 0.15) is 11.4 Å². The van der Waals surface area contributed by atoms with Crippen LogP contribution in [-0.2, 0) is 4.79 Å². The fraction of sp³-hybridized carbons (Fsp3) is 0.350. The van der Waals surface area contributed by atoms with Crippen LogP contribution in [0.1, 0.15) is 24.1 Å². The van der Waals surface area contributed by atoms with E-state index in [1.165, 1.54) is 19.1 Å². The first kappa shape index (κ1) is 24.5. The van der Waals surface area contributed by atoms with E-state index in [2.05, 4.69) is 15.0 Å². The van der Waals surface area contributed by atoms with Crippen LogP contribution in [0, 0.1) is 11.6 Å². The predicted molar refractivity (Wildman–Crippen MR) is 107 cm³/mol. The van der Waals surface area contributed by atoms with Gasteiger partial charge in [-0.2, -0.15) is 13.2 Å². The Bertz CT molecular complexity index is 1080. The maximum Gasteiger partial charge on any atom is 0.422 e. The van der Waals surface area contributed by atoms with Crippen LogP contribution in [0.25, 0.3) is 0 Å². The Morgan fingerprint density at radius 2 is 1.97 bits per heavy atom. The van der Waals surface area contributed by atoms with Crippen LogP contribution in [0.2, 0.25) is 5.02 Å². The average Bonchev–Trinajstić information content (AvgIpc) is 2.72. The number of nitrogens with two attached hydrogens (primary N) is 1. The monoisotopic (exact) mass is 492 g/mol. The number of nitrogens with zero attached hydrogens (tertiary/aromatic N) is 2. The van der Waals surface area contributed by atoms with Gasteiger partial charge >= 0.3 is 12.2 Å². The summed E-state index contributed by atoms with van der Waals surface area (Å²) < 4.78 is 70.2. The number of alkyl halides is 3. The molecule has 1 aromatic carbocycles. The van der Waals surface area contributed by atoms with Crippen molar-refractivity contribution in [2.75, 3.05) is 19.7 Å². The van der Waals surface area contributed by atoms with Crippen molar-refractivity contribution in [1.29, 1.82) is 0 Å². The van der Waals surface area contributed by atoms with Gasteiger partial charge in [-0.05, 0) is 36.8 Å². The molecule has 3 rings (SSSR count). The maximum absolute atomic E-state index is 14.2. The summed E-state index contributed by atoms with van der Waals surface area (Å²) in [5, 5.41) is 2.28. The molecule has 13 heteroatoms. The van der Waals surface area contributed by atoms with E-state index < -0.39 is 53.7 Å². The first-order chi connectivity index (χ1) is 15.3. The molecule has 1 aromatic heterocycles. The molecule has 2 heterocycles. The lowest BCUT2D eigenvalue weighted by atomic mass is 9.75. The number of halogens is 6. The topological polar surface area (TPSA) is 97.6 Å². The number of piperazine rings is 1. The fourth-order valence-corrected chi connectivity index (χ4v) is 3.96. The Morgan fingerprint density at radius 3 is 2.58 bits per heavy atom. The molecule has 0 saturated carbocycles. The summed E-state index contributed by atoms with van der Waals surface area (Å²) in [6.45, 7) is -0.360. The van der Waals surface area contributed by atoms with Crippen LogP contribution in [0.5, 0.6) is 5.88 Å². The van der Waals surface area contributed by atoms with Crippen LogP contribution in [0.3, 0.4) is 0 Å². The smallest absolute Gasteiger partial charge is 0.422 e. The van der Waals surface area contributed by atoms with Crippen LogP contribution in [0.4, 0.5) is 26.7 Å². The second-order valence-electron chi connectivity index (χ2n) is 7.43. The zero-order chi connectivity index (χ0) is 24.6. The van der Waals surface area contributed by atoms with Crippen molar-refractivity contribution in [3.63, 3.8) is 0 Å². The van der Waals surface area contributed by atoms with Crippen LogP contribution in [0.15, 0.2) is 30.3 Å². The molecule has 7 nitrogen and oxygen atoms in total. The first-order valence-corrected chi connectivity index (χ1v) is 9.88. The molecular weight excluding hydrogens is 475 g/mol. The molecule has 3 N–H and O–H groups in total. The number of ether oxygens (including phenoxy) is 1. The van der Waals surface area contributed by atoms with E-state index in [4.69, 9.17) is 17.3 Å². The molecule has 1 fully saturated rings. The van der Waals surface area contributed by atoms with Crippen molar-refractivity contribution in [2.45, 2.75) is 24.6 Å². The Morgan fingerprint density at radius 1 is 1.30 bits per heavy atom. The number of primary amides is 1. The molecule has 0 aliphatic carbocycles. The standard InChI is InChI=1S/C20H18ClF5N4O3/c1-19(17(31)28-6-7-30(19)18(27)32)15(10-2-3-12(22)11(21)8-10)14-5-4-13(23)16(29-14)33-9-20(24,25)26/h2-5,8,15H,6-7,9H2,1H3,(H2,27,32)(H,28,31)/t15-,19?/m1/s1. The summed E-state index contributed by atoms with van der Waals surface area (Å²) in [4.78, 5) is 30.1. The summed E-state index contributed by atoms with van der Waals surface area (Å²) in [7, 11) is 0. The van der Waals surface area contributed by atoms with Gasteiger partial charge in [0, 0.05) is 13.1 Å². The number of pyridine rings is 1. The molecular formula is C20H18ClF5N4O3. The highest BCUT2D eigenvalue weighted by Gasteiger charge is 2.52. The minimum atomic E-state index is -4.76. The second-order valence-corrected chi connectivity index (χ2v) is 7.83. The number of hydrogen-bond acceptors (Lipinski definition) is 4. The number of hydrogen-bond donors (Lipinski definition) is 2. The lowest BCUT2D eigenvalue weighted by Gasteiger charge is -2.47. The van der Waals surface area contributed by atoms with Gasteiger partial charge in [-0.15, -0.1) is 0 Å². The van der Waals surface area contributed by atoms with E-state index in [0.29, 0.717) is 0 Å². The van der Waals surface area contributed by atoms with Crippen molar-refractivity contribution < 1.29 is 36.3 Å². The molecule has 1 aliphatic heterocycles. The second kappa shape index (κ2) is 9.00. The predicted octanol–water partition coefficient (Wildman–Crippen LogP) is 3.36. The number of benzene rings is 1. The summed E-state index contributed by atoms with van der Waals surface area (Å²) in [5.41, 5.74) is 3.75. The number of rotatable bonds is 5. The average molecular weight is 493 g/mol. The quantitative estimate of drug-likeness (QED) is 0.625. The molecule has 0 bridgehead atoms. The van der Waals surface area contributed by atoms with Crippen molar-refractivity contribution in [1.82, 2.24) is 15.2 Å². The third-order valence-corrected chi connectivity index (χ3v) is 5.54. The zero-order valence-corrected chi connectivity index (χ0v) is 17.8. The first-order valence-electron chi connectivity index (χ1n) is 9.51. The molecule has 1 saturated heterocycles. The normalized spacial score (nSPS) is 19.7. The molecule has 0 spiro atoms. The van der Waals surface area contributed by atoms with E-state index >= 15 is 0 Å². The van der Waals surface area contributed by atoms with Crippen LogP contribution < -0.4 is 15.8 Å². The van der Waals surface area contributed by atoms with Crippen molar-refractivity contribution >= 4 is 23.5 Å². The zero-order valence-electron chi connectivity index (χ0n) is 17.0. The molecule has 1 aliphatic rings. The number of nitrogens with one attached hydrogen (secondary N) is 1. The van der Waals surface area contributed by atoms with Gasteiger partial charge in [-0.1, -0.05) is 17.7 Å². The molecule has 2 atom stereocenters. The third-order valence-electron chi connectivity index (χ3n) is 5.25. The van der Waals surface area contributed by atoms with Crippen molar-refractivity contribution in [3.8, 4) is 5.88 Å². The van der Waals surface area contributed by atoms with Gasteiger partial charge in [-0.3, -0.25) is 4.79 Å². The number of carbonyl (C=O) groups is 2. The Balaban J connectivity index is 2.21. The van der Waals surface area contributed by atoms with E-state index in [9.17, 15) is 31.5 Å². The van der Waals surface area contributed by atoms with E-state index in [0.717, 1.165) is 23.1 Å². The minimum Gasteiger partial charge on any atom is -0.466 e. The lowest BCUT2D eigenvalue weighted by Crippen LogP contribution is -2.68. The minimum absolute atomic E-state index is 0.00161. The number of amides is 3. The van der Waals surface area contributed by atoms with E-state index in [-0.39, 0.29) is 29.4 Å². The molecule has 0 radical (unpaired) electrons. The maximum atomic E-state index is 14.2. The molecule has 2 aromatic rings. The molecule has 33 heavy (non-hydrogen) atoms. The van der Waals surface area contributed by atoms with E-state index in [1.807, 2.05) is 0 Å². The Hall–Kier alpha value is -3.15. The molecule has 3 amide bonds.